The van der Waals surface area contributed by atoms with Gasteiger partial charge < -0.3 is 16.4 Å². The van der Waals surface area contributed by atoms with Crippen LogP contribution in [0.4, 0.5) is 32.2 Å². The first-order chi connectivity index (χ1) is 14.5. The smallest absolute Gasteiger partial charge is 0.223 e. The molecule has 0 bridgehead atoms. The van der Waals surface area contributed by atoms with E-state index in [9.17, 15) is 8.78 Å². The first kappa shape index (κ1) is 19.2. The topological polar surface area (TPSA) is 117 Å². The third-order valence-corrected chi connectivity index (χ3v) is 4.34. The molecule has 5 N–H and O–H groups in total. The van der Waals surface area contributed by atoms with Crippen LogP contribution in [-0.2, 0) is 0 Å². The maximum absolute atomic E-state index is 14.0. The van der Waals surface area contributed by atoms with E-state index in [4.69, 9.17) is 5.73 Å². The van der Waals surface area contributed by atoms with Crippen molar-refractivity contribution in [1.29, 1.82) is 0 Å². The fourth-order valence-electron chi connectivity index (χ4n) is 2.94. The summed E-state index contributed by atoms with van der Waals surface area (Å²) in [5.74, 6) is 0.0544. The van der Waals surface area contributed by atoms with Crippen LogP contribution in [0.3, 0.4) is 0 Å². The zero-order chi connectivity index (χ0) is 21.1. The maximum atomic E-state index is 14.0. The van der Waals surface area contributed by atoms with Crippen LogP contribution < -0.4 is 16.4 Å². The number of rotatable bonds is 6. The molecule has 1 atom stereocenters. The molecule has 10 heteroatoms. The number of nitrogens with zero attached hydrogens (tertiary/aromatic N) is 4. The molecular formula is C20H18F2N8. The number of halogens is 2. The Morgan fingerprint density at radius 1 is 1.03 bits per heavy atom. The predicted octanol–water partition coefficient (Wildman–Crippen LogP) is 4.04. The molecule has 0 amide bonds. The summed E-state index contributed by atoms with van der Waals surface area (Å²) in [6.07, 6.45) is 3.41. The Hall–Kier alpha value is -4.08. The maximum Gasteiger partial charge on any atom is 0.223 e. The van der Waals surface area contributed by atoms with Crippen LogP contribution in [0.2, 0.25) is 0 Å². The van der Waals surface area contributed by atoms with E-state index in [0.717, 1.165) is 17.3 Å². The lowest BCUT2D eigenvalue weighted by Crippen LogP contribution is -2.12. The van der Waals surface area contributed by atoms with Gasteiger partial charge in [-0.05, 0) is 25.1 Å². The minimum Gasteiger partial charge on any atom is -0.368 e. The molecule has 0 radical (unpaired) electrons. The lowest BCUT2D eigenvalue weighted by molar-refractivity contribution is 0.566. The number of hydrogen-bond acceptors (Lipinski definition) is 7. The van der Waals surface area contributed by atoms with E-state index in [1.165, 1.54) is 12.1 Å². The van der Waals surface area contributed by atoms with E-state index < -0.39 is 17.7 Å². The molecule has 0 aliphatic rings. The highest BCUT2D eigenvalue weighted by atomic mass is 19.1. The van der Waals surface area contributed by atoms with Crippen LogP contribution in [0, 0.1) is 11.6 Å². The SMILES string of the molecule is CC(Nc1cc(Nc2cc(-c3cccnc3)[nH]n2)nc(N)n1)c1ccc(F)cc1F. The molecule has 4 aromatic rings. The van der Waals surface area contributed by atoms with Gasteiger partial charge in [0.2, 0.25) is 5.95 Å². The van der Waals surface area contributed by atoms with Crippen LogP contribution in [0.1, 0.15) is 18.5 Å². The summed E-state index contributed by atoms with van der Waals surface area (Å²) >= 11 is 0. The Morgan fingerprint density at radius 2 is 1.87 bits per heavy atom. The van der Waals surface area contributed by atoms with Crippen LogP contribution >= 0.6 is 0 Å². The first-order valence-corrected chi connectivity index (χ1v) is 9.07. The van der Waals surface area contributed by atoms with Crippen LogP contribution in [0.15, 0.2) is 54.9 Å². The number of nitrogens with two attached hydrogens (primary N) is 1. The number of pyridine rings is 1. The van der Waals surface area contributed by atoms with Gasteiger partial charge in [-0.15, -0.1) is 0 Å². The average molecular weight is 408 g/mol. The number of hydrogen-bond donors (Lipinski definition) is 4. The quantitative estimate of drug-likeness (QED) is 0.380. The standard InChI is InChI=1S/C20H18F2N8/c1-11(14-5-4-13(21)7-15(14)22)25-17-9-18(28-20(23)27-17)26-19-8-16(29-30-19)12-3-2-6-24-10-12/h2-11H,1H3,(H5,23,25,26,27,28,29,30). The van der Waals surface area contributed by atoms with Crippen LogP contribution in [0.5, 0.6) is 0 Å². The second-order valence-electron chi connectivity index (χ2n) is 6.56. The van der Waals surface area contributed by atoms with Crippen molar-refractivity contribution in [3.8, 4) is 11.3 Å². The third kappa shape index (κ3) is 4.32. The molecular weight excluding hydrogens is 390 g/mol. The summed E-state index contributed by atoms with van der Waals surface area (Å²) in [6.45, 7) is 1.73. The monoisotopic (exact) mass is 408 g/mol. The van der Waals surface area contributed by atoms with E-state index in [-0.39, 0.29) is 5.95 Å². The molecule has 3 heterocycles. The van der Waals surface area contributed by atoms with Gasteiger partial charge in [0.25, 0.3) is 0 Å². The molecule has 0 spiro atoms. The van der Waals surface area contributed by atoms with Gasteiger partial charge in [-0.2, -0.15) is 15.1 Å². The van der Waals surface area contributed by atoms with Crippen molar-refractivity contribution in [2.45, 2.75) is 13.0 Å². The Balaban J connectivity index is 1.51. The Bertz CT molecular complexity index is 1160. The van der Waals surface area contributed by atoms with Gasteiger partial charge in [0, 0.05) is 41.7 Å². The zero-order valence-corrected chi connectivity index (χ0v) is 15.9. The van der Waals surface area contributed by atoms with Crippen molar-refractivity contribution in [2.24, 2.45) is 0 Å². The van der Waals surface area contributed by atoms with Gasteiger partial charge in [0.15, 0.2) is 5.82 Å². The molecule has 30 heavy (non-hydrogen) atoms. The van der Waals surface area contributed by atoms with Crippen molar-refractivity contribution >= 4 is 23.4 Å². The van der Waals surface area contributed by atoms with Crippen LogP contribution in [0.25, 0.3) is 11.3 Å². The van der Waals surface area contributed by atoms with Crippen molar-refractivity contribution in [3.05, 3.63) is 72.1 Å². The fourth-order valence-corrected chi connectivity index (χ4v) is 2.94. The van der Waals surface area contributed by atoms with Crippen molar-refractivity contribution in [3.63, 3.8) is 0 Å². The highest BCUT2D eigenvalue weighted by Gasteiger charge is 2.14. The van der Waals surface area contributed by atoms with E-state index in [2.05, 4.69) is 35.8 Å². The molecule has 1 aromatic carbocycles. The summed E-state index contributed by atoms with van der Waals surface area (Å²) in [7, 11) is 0. The lowest BCUT2D eigenvalue weighted by atomic mass is 10.1. The van der Waals surface area contributed by atoms with Crippen LogP contribution in [-0.4, -0.2) is 25.1 Å². The summed E-state index contributed by atoms with van der Waals surface area (Å²) in [4.78, 5) is 12.3. The lowest BCUT2D eigenvalue weighted by Gasteiger charge is -2.16. The number of aromatic nitrogens is 5. The summed E-state index contributed by atoms with van der Waals surface area (Å²) in [6, 6.07) is 10.1. The minimum absolute atomic E-state index is 0.0253. The van der Waals surface area contributed by atoms with E-state index in [1.807, 2.05) is 12.1 Å². The molecule has 0 saturated heterocycles. The number of nitrogen functional groups attached to an aromatic ring is 1. The van der Waals surface area contributed by atoms with Crippen molar-refractivity contribution in [2.75, 3.05) is 16.4 Å². The summed E-state index contributed by atoms with van der Waals surface area (Å²) < 4.78 is 27.2. The predicted molar refractivity (Wildman–Crippen MR) is 110 cm³/mol. The minimum atomic E-state index is -0.644. The molecule has 8 nitrogen and oxygen atoms in total. The Morgan fingerprint density at radius 3 is 2.63 bits per heavy atom. The first-order valence-electron chi connectivity index (χ1n) is 9.07. The van der Waals surface area contributed by atoms with Gasteiger partial charge >= 0.3 is 0 Å². The molecule has 0 fully saturated rings. The third-order valence-electron chi connectivity index (χ3n) is 4.34. The number of benzene rings is 1. The summed E-state index contributed by atoms with van der Waals surface area (Å²) in [5.41, 5.74) is 7.78. The molecule has 0 aliphatic carbocycles. The molecule has 0 saturated carbocycles. The van der Waals surface area contributed by atoms with Gasteiger partial charge in [-0.25, -0.2) is 8.78 Å². The second kappa shape index (κ2) is 8.11. The molecule has 3 aromatic heterocycles. The van der Waals surface area contributed by atoms with E-state index >= 15 is 0 Å². The number of nitrogens with one attached hydrogen (secondary N) is 3. The largest absolute Gasteiger partial charge is 0.368 e. The number of H-pyrrole nitrogens is 1. The highest BCUT2D eigenvalue weighted by Crippen LogP contribution is 2.25. The Kier molecular flexibility index (Phi) is 5.21. The Labute approximate surface area is 170 Å². The second-order valence-corrected chi connectivity index (χ2v) is 6.56. The van der Waals surface area contributed by atoms with E-state index in [0.29, 0.717) is 23.0 Å². The molecule has 0 aliphatic heterocycles. The van der Waals surface area contributed by atoms with Gasteiger partial charge in [-0.1, -0.05) is 6.07 Å². The van der Waals surface area contributed by atoms with Crippen molar-refractivity contribution in [1.82, 2.24) is 25.1 Å². The summed E-state index contributed by atoms with van der Waals surface area (Å²) in [5, 5.41) is 13.2. The number of anilines is 4. The average Bonchev–Trinajstić information content (AvgIpc) is 3.16. The molecule has 1 unspecified atom stereocenters. The van der Waals surface area contributed by atoms with Gasteiger partial charge in [-0.3, -0.25) is 10.1 Å². The zero-order valence-electron chi connectivity index (χ0n) is 15.9. The fraction of sp³-hybridized carbons (Fsp3) is 0.100. The number of aromatic amines is 1. The van der Waals surface area contributed by atoms with E-state index in [1.54, 1.807) is 31.5 Å². The normalized spacial score (nSPS) is 11.8. The highest BCUT2D eigenvalue weighted by molar-refractivity contribution is 5.65. The van der Waals surface area contributed by atoms with Gasteiger partial charge in [0.1, 0.15) is 23.3 Å². The van der Waals surface area contributed by atoms with Gasteiger partial charge in [0.05, 0.1) is 11.7 Å². The molecule has 152 valence electrons. The van der Waals surface area contributed by atoms with Crippen molar-refractivity contribution < 1.29 is 8.78 Å². The molecule has 4 rings (SSSR count).